The van der Waals surface area contributed by atoms with Crippen LogP contribution in [0.25, 0.3) is 6.08 Å². The molecule has 6 heteroatoms. The van der Waals surface area contributed by atoms with Crippen molar-refractivity contribution in [2.24, 2.45) is 0 Å². The zero-order valence-corrected chi connectivity index (χ0v) is 10.7. The van der Waals surface area contributed by atoms with E-state index in [1.807, 2.05) is 25.1 Å². The minimum absolute atomic E-state index is 0.504. The van der Waals surface area contributed by atoms with Crippen LogP contribution >= 0.6 is 0 Å². The molecule has 19 heavy (non-hydrogen) atoms. The van der Waals surface area contributed by atoms with Crippen molar-refractivity contribution >= 4 is 23.4 Å². The second kappa shape index (κ2) is 4.72. The fraction of sp³-hybridized carbons (Fsp3) is 0.308. The van der Waals surface area contributed by atoms with Gasteiger partial charge in [-0.25, -0.2) is 9.97 Å². The molecule has 0 radical (unpaired) electrons. The Balaban J connectivity index is 1.82. The minimum Gasteiger partial charge on any atom is -0.394 e. The molecule has 1 saturated carbocycles. The average molecular weight is 256 g/mol. The van der Waals surface area contributed by atoms with Crippen LogP contribution in [0.5, 0.6) is 0 Å². The first-order valence-electron chi connectivity index (χ1n) is 6.34. The summed E-state index contributed by atoms with van der Waals surface area (Å²) in [5.41, 5.74) is 7.54. The Bertz CT molecular complexity index is 611. The molecule has 1 aliphatic carbocycles. The fourth-order valence-electron chi connectivity index (χ4n) is 1.86. The smallest absolute Gasteiger partial charge is 0.158 e. The van der Waals surface area contributed by atoms with Crippen molar-refractivity contribution in [2.45, 2.75) is 25.7 Å². The monoisotopic (exact) mass is 256 g/mol. The Morgan fingerprint density at radius 2 is 2.32 bits per heavy atom. The summed E-state index contributed by atoms with van der Waals surface area (Å²) in [5, 5.41) is 10.4. The van der Waals surface area contributed by atoms with E-state index in [4.69, 9.17) is 5.73 Å². The van der Waals surface area contributed by atoms with Crippen LogP contribution in [0.15, 0.2) is 18.3 Å². The normalized spacial score (nSPS) is 15.0. The van der Waals surface area contributed by atoms with Gasteiger partial charge in [0.25, 0.3) is 0 Å². The number of rotatable bonds is 4. The van der Waals surface area contributed by atoms with E-state index in [1.165, 1.54) is 18.5 Å². The first-order valence-corrected chi connectivity index (χ1v) is 6.34. The Morgan fingerprint density at radius 3 is 3.05 bits per heavy atom. The van der Waals surface area contributed by atoms with Crippen molar-refractivity contribution in [1.82, 2.24) is 20.2 Å². The number of nitrogens with one attached hydrogen (secondary N) is 2. The average Bonchev–Trinajstić information content (AvgIpc) is 3.15. The van der Waals surface area contributed by atoms with Gasteiger partial charge < -0.3 is 11.1 Å². The summed E-state index contributed by atoms with van der Waals surface area (Å²) in [6.07, 6.45) is 7.78. The van der Waals surface area contributed by atoms with Crippen molar-refractivity contribution in [1.29, 1.82) is 0 Å². The zero-order valence-electron chi connectivity index (χ0n) is 10.7. The van der Waals surface area contributed by atoms with Gasteiger partial charge in [0.15, 0.2) is 17.5 Å². The molecule has 0 aliphatic heterocycles. The van der Waals surface area contributed by atoms with Gasteiger partial charge >= 0.3 is 0 Å². The number of aromatic nitrogens is 4. The van der Waals surface area contributed by atoms with Gasteiger partial charge in [0.2, 0.25) is 0 Å². The Labute approximate surface area is 111 Å². The number of nitrogen functional groups attached to an aromatic ring is 1. The maximum atomic E-state index is 5.86. The molecule has 0 unspecified atom stereocenters. The Morgan fingerprint density at radius 1 is 1.47 bits per heavy atom. The van der Waals surface area contributed by atoms with Crippen LogP contribution in [0, 0.1) is 0 Å². The lowest BCUT2D eigenvalue weighted by molar-refractivity contribution is 0.966. The first-order chi connectivity index (χ1) is 9.26. The summed E-state index contributed by atoms with van der Waals surface area (Å²) in [4.78, 5) is 8.46. The lowest BCUT2D eigenvalue weighted by Crippen LogP contribution is -2.02. The third kappa shape index (κ3) is 2.57. The van der Waals surface area contributed by atoms with Crippen LogP contribution < -0.4 is 11.1 Å². The van der Waals surface area contributed by atoms with Crippen molar-refractivity contribution in [3.63, 3.8) is 0 Å². The molecule has 0 amide bonds. The molecule has 0 aromatic carbocycles. The molecule has 0 saturated heterocycles. The fourth-order valence-corrected chi connectivity index (χ4v) is 1.86. The largest absolute Gasteiger partial charge is 0.394 e. The topological polar surface area (TPSA) is 92.5 Å². The summed E-state index contributed by atoms with van der Waals surface area (Å²) >= 11 is 0. The molecule has 1 aliphatic rings. The summed E-state index contributed by atoms with van der Waals surface area (Å²) in [7, 11) is 0. The van der Waals surface area contributed by atoms with Crippen LogP contribution in [0.4, 0.5) is 17.3 Å². The highest BCUT2D eigenvalue weighted by Crippen LogP contribution is 2.39. The second-order valence-electron chi connectivity index (χ2n) is 4.64. The molecule has 4 N–H and O–H groups in total. The number of aromatic amines is 1. The highest BCUT2D eigenvalue weighted by atomic mass is 15.2. The van der Waals surface area contributed by atoms with Crippen molar-refractivity contribution in [2.75, 3.05) is 11.1 Å². The summed E-state index contributed by atoms with van der Waals surface area (Å²) in [6, 6.07) is 2.01. The molecule has 0 atom stereocenters. The first kappa shape index (κ1) is 11.7. The quantitative estimate of drug-likeness (QED) is 0.781. The standard InChI is InChI=1S/C13H16N6/c1-2-3-11-15-7-9(14)13(16-11)17-12-6-10(18-19-12)8-4-5-8/h2-3,6-8H,4-5,14H2,1H3,(H2,15,16,17,18,19)/b3-2+. The molecule has 0 bridgehead atoms. The van der Waals surface area contributed by atoms with Crippen LogP contribution in [-0.4, -0.2) is 20.2 Å². The number of H-pyrrole nitrogens is 1. The Hall–Kier alpha value is -2.37. The SMILES string of the molecule is C/C=C/c1ncc(N)c(Nc2cc(C3CC3)[nH]n2)n1. The molecular formula is C13H16N6. The predicted molar refractivity (Wildman–Crippen MR) is 75.0 cm³/mol. The molecule has 0 spiro atoms. The van der Waals surface area contributed by atoms with Crippen LogP contribution in [0.2, 0.25) is 0 Å². The maximum absolute atomic E-state index is 5.86. The highest BCUT2D eigenvalue weighted by molar-refractivity contribution is 5.67. The number of anilines is 3. The van der Waals surface area contributed by atoms with Gasteiger partial charge in [0.05, 0.1) is 11.9 Å². The van der Waals surface area contributed by atoms with E-state index in [0.717, 1.165) is 5.82 Å². The lowest BCUT2D eigenvalue weighted by atomic mass is 10.3. The number of nitrogens with zero attached hydrogens (tertiary/aromatic N) is 3. The van der Waals surface area contributed by atoms with E-state index >= 15 is 0 Å². The van der Waals surface area contributed by atoms with Gasteiger partial charge in [-0.2, -0.15) is 5.10 Å². The van der Waals surface area contributed by atoms with E-state index in [-0.39, 0.29) is 0 Å². The molecule has 6 nitrogen and oxygen atoms in total. The summed E-state index contributed by atoms with van der Waals surface area (Å²) in [6.45, 7) is 1.92. The minimum atomic E-state index is 0.504. The third-order valence-corrected chi connectivity index (χ3v) is 3.01. The molecular weight excluding hydrogens is 240 g/mol. The van der Waals surface area contributed by atoms with E-state index in [9.17, 15) is 0 Å². The lowest BCUT2D eigenvalue weighted by Gasteiger charge is -2.05. The van der Waals surface area contributed by atoms with Gasteiger partial charge in [-0.05, 0) is 25.8 Å². The summed E-state index contributed by atoms with van der Waals surface area (Å²) < 4.78 is 0. The second-order valence-corrected chi connectivity index (χ2v) is 4.64. The van der Waals surface area contributed by atoms with Crippen molar-refractivity contribution < 1.29 is 0 Å². The molecule has 2 aromatic heterocycles. The molecule has 3 rings (SSSR count). The van der Waals surface area contributed by atoms with Gasteiger partial charge in [-0.1, -0.05) is 6.08 Å². The van der Waals surface area contributed by atoms with Crippen molar-refractivity contribution in [3.05, 3.63) is 29.9 Å². The van der Waals surface area contributed by atoms with E-state index in [2.05, 4.69) is 25.5 Å². The Kier molecular flexibility index (Phi) is 2.91. The molecule has 1 fully saturated rings. The zero-order chi connectivity index (χ0) is 13.2. The number of hydrogen-bond donors (Lipinski definition) is 3. The van der Waals surface area contributed by atoms with Crippen molar-refractivity contribution in [3.8, 4) is 0 Å². The molecule has 98 valence electrons. The maximum Gasteiger partial charge on any atom is 0.158 e. The van der Waals surface area contributed by atoms with Gasteiger partial charge in [-0.15, -0.1) is 0 Å². The number of hydrogen-bond acceptors (Lipinski definition) is 5. The third-order valence-electron chi connectivity index (χ3n) is 3.01. The van der Waals surface area contributed by atoms with E-state index in [1.54, 1.807) is 6.20 Å². The van der Waals surface area contributed by atoms with Crippen LogP contribution in [0.3, 0.4) is 0 Å². The molecule has 2 aromatic rings. The number of nitrogens with two attached hydrogens (primary N) is 1. The van der Waals surface area contributed by atoms with E-state index in [0.29, 0.717) is 23.2 Å². The van der Waals surface area contributed by atoms with Crippen LogP contribution in [0.1, 0.15) is 37.2 Å². The van der Waals surface area contributed by atoms with E-state index < -0.39 is 0 Å². The van der Waals surface area contributed by atoms with Gasteiger partial charge in [0.1, 0.15) is 0 Å². The predicted octanol–water partition coefficient (Wildman–Crippen LogP) is 2.44. The molecule has 2 heterocycles. The van der Waals surface area contributed by atoms with Crippen LogP contribution in [-0.2, 0) is 0 Å². The summed E-state index contributed by atoms with van der Waals surface area (Å²) in [5.74, 6) is 2.58. The van der Waals surface area contributed by atoms with Gasteiger partial charge in [0, 0.05) is 17.7 Å². The van der Waals surface area contributed by atoms with Gasteiger partial charge in [-0.3, -0.25) is 5.10 Å². The number of allylic oxidation sites excluding steroid dienone is 1. The highest BCUT2D eigenvalue weighted by Gasteiger charge is 2.25.